The van der Waals surface area contributed by atoms with Crippen LogP contribution in [0.15, 0.2) is 72.8 Å². The zero-order valence-electron chi connectivity index (χ0n) is 16.4. The standard InChI is InChI=1S/C23H20ClF3N2O2/c24-19-9-11-20(12-10-19)29-22(30)15-31-21-4-2-1-3-17(21)14-28-13-16-5-7-18(8-6-16)23(25,26)27/h1-12,28H,13-15H2,(H,29,30). The monoisotopic (exact) mass is 448 g/mol. The molecule has 0 saturated heterocycles. The minimum absolute atomic E-state index is 0.168. The van der Waals surface area contributed by atoms with E-state index in [0.29, 0.717) is 29.5 Å². The molecule has 0 atom stereocenters. The van der Waals surface area contributed by atoms with E-state index in [-0.39, 0.29) is 12.5 Å². The number of carbonyl (C=O) groups is 1. The maximum Gasteiger partial charge on any atom is 0.416 e. The molecule has 8 heteroatoms. The molecule has 0 saturated carbocycles. The summed E-state index contributed by atoms with van der Waals surface area (Å²) in [5, 5.41) is 6.47. The molecule has 0 aliphatic carbocycles. The second-order valence-corrected chi connectivity index (χ2v) is 7.19. The Labute approximate surface area is 183 Å². The van der Waals surface area contributed by atoms with E-state index in [0.717, 1.165) is 23.3 Å². The van der Waals surface area contributed by atoms with Crippen molar-refractivity contribution in [3.8, 4) is 5.75 Å². The highest BCUT2D eigenvalue weighted by Gasteiger charge is 2.29. The lowest BCUT2D eigenvalue weighted by Gasteiger charge is -2.13. The molecule has 3 aromatic rings. The van der Waals surface area contributed by atoms with Gasteiger partial charge in [-0.25, -0.2) is 0 Å². The Morgan fingerprint density at radius 1 is 0.903 bits per heavy atom. The van der Waals surface area contributed by atoms with Crippen LogP contribution in [-0.4, -0.2) is 12.5 Å². The summed E-state index contributed by atoms with van der Waals surface area (Å²) in [5.41, 5.74) is 1.50. The second kappa shape index (κ2) is 10.3. The van der Waals surface area contributed by atoms with Gasteiger partial charge in [-0.1, -0.05) is 41.9 Å². The fourth-order valence-electron chi connectivity index (χ4n) is 2.82. The molecule has 162 valence electrons. The maximum atomic E-state index is 12.6. The molecule has 0 heterocycles. The SMILES string of the molecule is O=C(COc1ccccc1CNCc1ccc(C(F)(F)F)cc1)Nc1ccc(Cl)cc1. The number of ether oxygens (including phenoxy) is 1. The van der Waals surface area contributed by atoms with Crippen LogP contribution in [0.2, 0.25) is 5.02 Å². The Hall–Kier alpha value is -3.03. The molecule has 4 nitrogen and oxygen atoms in total. The van der Waals surface area contributed by atoms with Crippen molar-refractivity contribution in [1.29, 1.82) is 0 Å². The number of anilines is 1. The summed E-state index contributed by atoms with van der Waals surface area (Å²) in [6, 6.07) is 19.0. The maximum absolute atomic E-state index is 12.6. The van der Waals surface area contributed by atoms with Gasteiger partial charge in [0, 0.05) is 29.4 Å². The minimum Gasteiger partial charge on any atom is -0.483 e. The highest BCUT2D eigenvalue weighted by atomic mass is 35.5. The lowest BCUT2D eigenvalue weighted by molar-refractivity contribution is -0.137. The Morgan fingerprint density at radius 2 is 1.58 bits per heavy atom. The molecule has 1 amide bonds. The minimum atomic E-state index is -4.35. The number of benzene rings is 3. The smallest absolute Gasteiger partial charge is 0.416 e. The Morgan fingerprint density at radius 3 is 2.26 bits per heavy atom. The average Bonchev–Trinajstić information content (AvgIpc) is 2.74. The molecule has 0 fully saturated rings. The molecule has 0 aliphatic rings. The lowest BCUT2D eigenvalue weighted by Crippen LogP contribution is -2.21. The Kier molecular flexibility index (Phi) is 7.55. The van der Waals surface area contributed by atoms with E-state index in [1.807, 2.05) is 12.1 Å². The number of hydrogen-bond donors (Lipinski definition) is 2. The van der Waals surface area contributed by atoms with Crippen molar-refractivity contribution < 1.29 is 22.7 Å². The van der Waals surface area contributed by atoms with Crippen molar-refractivity contribution in [3.05, 3.63) is 94.5 Å². The van der Waals surface area contributed by atoms with Crippen molar-refractivity contribution >= 4 is 23.2 Å². The first-order valence-electron chi connectivity index (χ1n) is 9.44. The third kappa shape index (κ3) is 7.01. The third-order valence-corrected chi connectivity index (χ3v) is 4.64. The molecule has 3 aromatic carbocycles. The van der Waals surface area contributed by atoms with Gasteiger partial charge in [-0.3, -0.25) is 4.79 Å². The van der Waals surface area contributed by atoms with Gasteiger partial charge in [0.25, 0.3) is 5.91 Å². The van der Waals surface area contributed by atoms with Crippen molar-refractivity contribution in [2.45, 2.75) is 19.3 Å². The van der Waals surface area contributed by atoms with Crippen molar-refractivity contribution in [1.82, 2.24) is 5.32 Å². The van der Waals surface area contributed by atoms with E-state index in [9.17, 15) is 18.0 Å². The summed E-state index contributed by atoms with van der Waals surface area (Å²) in [6.45, 7) is 0.651. The van der Waals surface area contributed by atoms with Gasteiger partial charge >= 0.3 is 6.18 Å². The molecule has 3 rings (SSSR count). The average molecular weight is 449 g/mol. The predicted molar refractivity (Wildman–Crippen MR) is 114 cm³/mol. The van der Waals surface area contributed by atoms with Crippen LogP contribution in [0.4, 0.5) is 18.9 Å². The van der Waals surface area contributed by atoms with Crippen LogP contribution in [0.3, 0.4) is 0 Å². The van der Waals surface area contributed by atoms with E-state index in [4.69, 9.17) is 16.3 Å². The number of nitrogens with one attached hydrogen (secondary N) is 2. The number of hydrogen-bond acceptors (Lipinski definition) is 3. The molecular formula is C23H20ClF3N2O2. The van der Waals surface area contributed by atoms with E-state index < -0.39 is 11.7 Å². The summed E-state index contributed by atoms with van der Waals surface area (Å²) in [7, 11) is 0. The van der Waals surface area contributed by atoms with Crippen molar-refractivity contribution in [2.24, 2.45) is 0 Å². The van der Waals surface area contributed by atoms with Gasteiger partial charge in [-0.2, -0.15) is 13.2 Å². The van der Waals surface area contributed by atoms with Gasteiger partial charge in [0.1, 0.15) is 5.75 Å². The highest BCUT2D eigenvalue weighted by Crippen LogP contribution is 2.29. The summed E-state index contributed by atoms with van der Waals surface area (Å²) in [5.74, 6) is 0.239. The first-order chi connectivity index (χ1) is 14.8. The normalized spacial score (nSPS) is 11.2. The van der Waals surface area contributed by atoms with Gasteiger partial charge in [-0.15, -0.1) is 0 Å². The highest BCUT2D eigenvalue weighted by molar-refractivity contribution is 6.30. The van der Waals surface area contributed by atoms with E-state index in [1.165, 1.54) is 12.1 Å². The quantitative estimate of drug-likeness (QED) is 0.467. The van der Waals surface area contributed by atoms with Crippen molar-refractivity contribution in [2.75, 3.05) is 11.9 Å². The summed E-state index contributed by atoms with van der Waals surface area (Å²) in [6.07, 6.45) is -4.35. The molecule has 0 aromatic heterocycles. The third-order valence-electron chi connectivity index (χ3n) is 4.39. The van der Waals surface area contributed by atoms with Gasteiger partial charge in [0.15, 0.2) is 6.61 Å². The number of amides is 1. The fraction of sp³-hybridized carbons (Fsp3) is 0.174. The van der Waals surface area contributed by atoms with Crippen LogP contribution in [0.25, 0.3) is 0 Å². The number of rotatable bonds is 8. The zero-order valence-corrected chi connectivity index (χ0v) is 17.1. The van der Waals surface area contributed by atoms with Crippen LogP contribution in [0.5, 0.6) is 5.75 Å². The van der Waals surface area contributed by atoms with Crippen LogP contribution in [0, 0.1) is 0 Å². The van der Waals surface area contributed by atoms with E-state index in [1.54, 1.807) is 36.4 Å². The van der Waals surface area contributed by atoms with Crippen LogP contribution >= 0.6 is 11.6 Å². The zero-order chi connectivity index (χ0) is 22.3. The van der Waals surface area contributed by atoms with Gasteiger partial charge in [0.2, 0.25) is 0 Å². The van der Waals surface area contributed by atoms with E-state index in [2.05, 4.69) is 10.6 Å². The number of alkyl halides is 3. The molecule has 0 radical (unpaired) electrons. The van der Waals surface area contributed by atoms with Crippen LogP contribution < -0.4 is 15.4 Å². The molecule has 0 bridgehead atoms. The Balaban J connectivity index is 1.50. The Bertz CT molecular complexity index is 1010. The number of para-hydroxylation sites is 1. The number of carbonyl (C=O) groups excluding carboxylic acids is 1. The fourth-order valence-corrected chi connectivity index (χ4v) is 2.94. The predicted octanol–water partition coefficient (Wildman–Crippen LogP) is 5.67. The molecule has 31 heavy (non-hydrogen) atoms. The second-order valence-electron chi connectivity index (χ2n) is 6.75. The molecule has 0 spiro atoms. The summed E-state index contributed by atoms with van der Waals surface area (Å²) in [4.78, 5) is 12.1. The van der Waals surface area contributed by atoms with Gasteiger partial charge in [0.05, 0.1) is 5.56 Å². The van der Waals surface area contributed by atoms with E-state index >= 15 is 0 Å². The number of halogens is 4. The topological polar surface area (TPSA) is 50.4 Å². The molecule has 0 aliphatic heterocycles. The molecular weight excluding hydrogens is 429 g/mol. The summed E-state index contributed by atoms with van der Waals surface area (Å²) < 4.78 is 43.6. The molecule has 2 N–H and O–H groups in total. The first kappa shape index (κ1) is 22.7. The summed E-state index contributed by atoms with van der Waals surface area (Å²) >= 11 is 5.82. The molecule has 0 unspecified atom stereocenters. The van der Waals surface area contributed by atoms with Gasteiger partial charge < -0.3 is 15.4 Å². The van der Waals surface area contributed by atoms with Crippen LogP contribution in [0.1, 0.15) is 16.7 Å². The van der Waals surface area contributed by atoms with Gasteiger partial charge in [-0.05, 0) is 48.0 Å². The van der Waals surface area contributed by atoms with Crippen LogP contribution in [-0.2, 0) is 24.1 Å². The van der Waals surface area contributed by atoms with Crippen molar-refractivity contribution in [3.63, 3.8) is 0 Å². The first-order valence-corrected chi connectivity index (χ1v) is 9.82. The lowest BCUT2D eigenvalue weighted by atomic mass is 10.1. The largest absolute Gasteiger partial charge is 0.483 e.